The van der Waals surface area contributed by atoms with E-state index in [2.05, 4.69) is 31.9 Å². The van der Waals surface area contributed by atoms with E-state index in [9.17, 15) is 9.59 Å². The van der Waals surface area contributed by atoms with Crippen LogP contribution in [0.1, 0.15) is 26.3 Å². The highest BCUT2D eigenvalue weighted by Gasteiger charge is 2.13. The first-order valence-corrected chi connectivity index (χ1v) is 10.5. The second kappa shape index (κ2) is 9.84. The standard InChI is InChI=1S/C22H17BrClN3O2S/c1-13-5-2-3-8-17(13)20(28)25-15-6-4-7-16(12-15)26-22(30)27-21(29)18-11-14(23)9-10-19(18)24/h2-12H,1H3,(H,25,28)(H2,26,27,29,30). The molecule has 0 atom stereocenters. The Labute approximate surface area is 193 Å². The summed E-state index contributed by atoms with van der Waals surface area (Å²) in [6.07, 6.45) is 0. The first-order valence-electron chi connectivity index (χ1n) is 8.88. The molecule has 30 heavy (non-hydrogen) atoms. The maximum absolute atomic E-state index is 12.5. The van der Waals surface area contributed by atoms with E-state index in [-0.39, 0.29) is 11.0 Å². The summed E-state index contributed by atoms with van der Waals surface area (Å²) in [5.41, 5.74) is 3.00. The predicted octanol–water partition coefficient (Wildman–Crippen LogP) is 5.79. The van der Waals surface area contributed by atoms with Gasteiger partial charge in [-0.2, -0.15) is 0 Å². The second-order valence-corrected chi connectivity index (χ2v) is 8.11. The van der Waals surface area contributed by atoms with Crippen molar-refractivity contribution in [2.45, 2.75) is 6.92 Å². The third-order valence-electron chi connectivity index (χ3n) is 4.17. The van der Waals surface area contributed by atoms with Crippen molar-refractivity contribution >= 4 is 68.1 Å². The normalized spacial score (nSPS) is 10.2. The first-order chi connectivity index (χ1) is 14.3. The number of hydrogen-bond acceptors (Lipinski definition) is 3. The van der Waals surface area contributed by atoms with Gasteiger partial charge in [0.25, 0.3) is 11.8 Å². The molecule has 0 aromatic heterocycles. The lowest BCUT2D eigenvalue weighted by molar-refractivity contribution is 0.0976. The van der Waals surface area contributed by atoms with Gasteiger partial charge < -0.3 is 10.6 Å². The van der Waals surface area contributed by atoms with Gasteiger partial charge in [0, 0.05) is 21.4 Å². The van der Waals surface area contributed by atoms with Crippen LogP contribution in [0.5, 0.6) is 0 Å². The number of anilines is 2. The largest absolute Gasteiger partial charge is 0.332 e. The van der Waals surface area contributed by atoms with Gasteiger partial charge in [0.1, 0.15) is 0 Å². The molecule has 0 aliphatic rings. The smallest absolute Gasteiger partial charge is 0.258 e. The number of rotatable bonds is 4. The zero-order valence-electron chi connectivity index (χ0n) is 15.8. The topological polar surface area (TPSA) is 70.2 Å². The summed E-state index contributed by atoms with van der Waals surface area (Å²) in [4.78, 5) is 24.9. The molecule has 0 bridgehead atoms. The van der Waals surface area contributed by atoms with Crippen molar-refractivity contribution in [3.8, 4) is 0 Å². The van der Waals surface area contributed by atoms with Crippen molar-refractivity contribution in [1.82, 2.24) is 5.32 Å². The number of hydrogen-bond donors (Lipinski definition) is 3. The molecule has 3 aromatic carbocycles. The predicted molar refractivity (Wildman–Crippen MR) is 128 cm³/mol. The number of amides is 2. The van der Waals surface area contributed by atoms with Crippen molar-refractivity contribution in [1.29, 1.82) is 0 Å². The van der Waals surface area contributed by atoms with Crippen LogP contribution >= 0.6 is 39.7 Å². The van der Waals surface area contributed by atoms with E-state index in [0.29, 0.717) is 27.5 Å². The zero-order chi connectivity index (χ0) is 21.7. The van der Waals surface area contributed by atoms with E-state index in [0.717, 1.165) is 10.0 Å². The van der Waals surface area contributed by atoms with Crippen LogP contribution in [0.2, 0.25) is 5.02 Å². The van der Waals surface area contributed by atoms with E-state index in [4.69, 9.17) is 23.8 Å². The summed E-state index contributed by atoms with van der Waals surface area (Å²) in [5.74, 6) is -0.631. The van der Waals surface area contributed by atoms with Gasteiger partial charge in [-0.1, -0.05) is 51.8 Å². The van der Waals surface area contributed by atoms with Crippen molar-refractivity contribution in [2.75, 3.05) is 10.6 Å². The molecule has 0 unspecified atom stereocenters. The monoisotopic (exact) mass is 501 g/mol. The molecule has 0 heterocycles. The van der Waals surface area contributed by atoms with Crippen molar-refractivity contribution in [2.24, 2.45) is 0 Å². The van der Waals surface area contributed by atoms with Crippen molar-refractivity contribution < 1.29 is 9.59 Å². The molecular formula is C22H17BrClN3O2S. The number of thiocarbonyl (C=S) groups is 1. The minimum absolute atomic E-state index is 0.110. The minimum Gasteiger partial charge on any atom is -0.332 e. The minimum atomic E-state index is -0.428. The molecule has 0 saturated carbocycles. The molecule has 0 aliphatic carbocycles. The van der Waals surface area contributed by atoms with E-state index in [1.54, 1.807) is 48.5 Å². The van der Waals surface area contributed by atoms with Gasteiger partial charge in [-0.3, -0.25) is 14.9 Å². The molecule has 0 aliphatic heterocycles. The van der Waals surface area contributed by atoms with Gasteiger partial charge in [0.2, 0.25) is 0 Å². The molecule has 0 spiro atoms. The van der Waals surface area contributed by atoms with Crippen LogP contribution < -0.4 is 16.0 Å². The number of halogens is 2. The summed E-state index contributed by atoms with van der Waals surface area (Å²) in [6, 6.07) is 19.4. The molecular weight excluding hydrogens is 486 g/mol. The van der Waals surface area contributed by atoms with Crippen LogP contribution in [0.25, 0.3) is 0 Å². The lowest BCUT2D eigenvalue weighted by Crippen LogP contribution is -2.34. The molecule has 8 heteroatoms. The van der Waals surface area contributed by atoms with E-state index < -0.39 is 5.91 Å². The van der Waals surface area contributed by atoms with Gasteiger partial charge >= 0.3 is 0 Å². The first kappa shape index (κ1) is 22.0. The van der Waals surface area contributed by atoms with Gasteiger partial charge in [-0.25, -0.2) is 0 Å². The Balaban J connectivity index is 1.65. The highest BCUT2D eigenvalue weighted by atomic mass is 79.9. The van der Waals surface area contributed by atoms with E-state index in [1.165, 1.54) is 0 Å². The van der Waals surface area contributed by atoms with E-state index in [1.807, 2.05) is 25.1 Å². The molecule has 0 fully saturated rings. The molecule has 3 N–H and O–H groups in total. The Bertz CT molecular complexity index is 1140. The number of carbonyl (C=O) groups is 2. The number of nitrogens with one attached hydrogen (secondary N) is 3. The Morgan fingerprint density at radius 1 is 0.867 bits per heavy atom. The average molecular weight is 503 g/mol. The summed E-state index contributed by atoms with van der Waals surface area (Å²) in [5, 5.41) is 8.82. The van der Waals surface area contributed by atoms with Crippen LogP contribution in [0, 0.1) is 6.92 Å². The molecule has 3 rings (SSSR count). The molecule has 0 saturated heterocycles. The van der Waals surface area contributed by atoms with Crippen molar-refractivity contribution in [3.63, 3.8) is 0 Å². The fourth-order valence-electron chi connectivity index (χ4n) is 2.71. The van der Waals surface area contributed by atoms with Crippen LogP contribution in [-0.4, -0.2) is 16.9 Å². The molecule has 0 radical (unpaired) electrons. The van der Waals surface area contributed by atoms with Gasteiger partial charge in [0.15, 0.2) is 5.11 Å². The quantitative estimate of drug-likeness (QED) is 0.395. The molecule has 2 amide bonds. The zero-order valence-corrected chi connectivity index (χ0v) is 19.0. The molecule has 152 valence electrons. The lowest BCUT2D eigenvalue weighted by Gasteiger charge is -2.12. The van der Waals surface area contributed by atoms with E-state index >= 15 is 0 Å². The molecule has 5 nitrogen and oxygen atoms in total. The third kappa shape index (κ3) is 5.66. The maximum Gasteiger partial charge on any atom is 0.258 e. The summed E-state index contributed by atoms with van der Waals surface area (Å²) < 4.78 is 0.730. The number of aryl methyl sites for hydroxylation is 1. The lowest BCUT2D eigenvalue weighted by atomic mass is 10.1. The summed E-state index contributed by atoms with van der Waals surface area (Å²) in [7, 11) is 0. The summed E-state index contributed by atoms with van der Waals surface area (Å²) >= 11 is 14.6. The van der Waals surface area contributed by atoms with Crippen LogP contribution in [0.4, 0.5) is 11.4 Å². The third-order valence-corrected chi connectivity index (χ3v) is 5.20. The van der Waals surface area contributed by atoms with Gasteiger partial charge in [-0.15, -0.1) is 0 Å². The van der Waals surface area contributed by atoms with Crippen LogP contribution in [0.3, 0.4) is 0 Å². The van der Waals surface area contributed by atoms with Crippen LogP contribution in [-0.2, 0) is 0 Å². The Kier molecular flexibility index (Phi) is 7.20. The summed E-state index contributed by atoms with van der Waals surface area (Å²) in [6.45, 7) is 1.88. The Morgan fingerprint density at radius 3 is 2.30 bits per heavy atom. The number of benzene rings is 3. The fourth-order valence-corrected chi connectivity index (χ4v) is 3.48. The van der Waals surface area contributed by atoms with Crippen molar-refractivity contribution in [3.05, 3.63) is 92.9 Å². The SMILES string of the molecule is Cc1ccccc1C(=O)Nc1cccc(NC(=S)NC(=O)c2cc(Br)ccc2Cl)c1. The highest BCUT2D eigenvalue weighted by Crippen LogP contribution is 2.21. The van der Waals surface area contributed by atoms with Crippen LogP contribution in [0.15, 0.2) is 71.2 Å². The highest BCUT2D eigenvalue weighted by molar-refractivity contribution is 9.10. The Hall–Kier alpha value is -2.74. The van der Waals surface area contributed by atoms with Gasteiger partial charge in [-0.05, 0) is 67.2 Å². The Morgan fingerprint density at radius 2 is 1.57 bits per heavy atom. The fraction of sp³-hybridized carbons (Fsp3) is 0.0455. The average Bonchev–Trinajstić information content (AvgIpc) is 2.70. The second-order valence-electron chi connectivity index (χ2n) is 6.38. The number of carbonyl (C=O) groups excluding carboxylic acids is 2. The molecule has 3 aromatic rings. The maximum atomic E-state index is 12.5. The van der Waals surface area contributed by atoms with Gasteiger partial charge in [0.05, 0.1) is 10.6 Å².